The first-order valence-electron chi connectivity index (χ1n) is 8.25. The van der Waals surface area contributed by atoms with Crippen molar-refractivity contribution in [3.8, 4) is 11.5 Å². The van der Waals surface area contributed by atoms with Crippen LogP contribution in [-0.2, 0) is 9.59 Å². The molecule has 25 heavy (non-hydrogen) atoms. The number of hydrogen-bond donors (Lipinski definition) is 2. The van der Waals surface area contributed by atoms with E-state index < -0.39 is 5.66 Å². The van der Waals surface area contributed by atoms with Crippen LogP contribution in [0, 0.1) is 0 Å². The van der Waals surface area contributed by atoms with E-state index in [-0.39, 0.29) is 23.3 Å². The van der Waals surface area contributed by atoms with E-state index in [9.17, 15) is 19.8 Å². The van der Waals surface area contributed by atoms with Crippen LogP contribution in [0.4, 0.5) is 11.4 Å². The quantitative estimate of drug-likeness (QED) is 0.882. The number of rotatable bonds is 2. The molecule has 2 aromatic rings. The van der Waals surface area contributed by atoms with Gasteiger partial charge in [-0.2, -0.15) is 0 Å². The number of phenols is 2. The molecule has 128 valence electrons. The first kappa shape index (κ1) is 15.5. The SMILES string of the molecule is O=C1CCC2(CCC(=O)N2c2cccc(O)c2)N1c1ccc(O)cc1. The highest BCUT2D eigenvalue weighted by atomic mass is 16.3. The van der Waals surface area contributed by atoms with E-state index in [1.165, 1.54) is 12.1 Å². The minimum absolute atomic E-state index is 0.0504. The fraction of sp³-hybridized carbons (Fsp3) is 0.263. The number of anilines is 2. The smallest absolute Gasteiger partial charge is 0.229 e. The molecule has 1 spiro atoms. The highest BCUT2D eigenvalue weighted by Crippen LogP contribution is 2.47. The number of phenolic OH excluding ortho intramolecular Hbond substituents is 2. The zero-order chi connectivity index (χ0) is 17.6. The Balaban J connectivity index is 1.83. The topological polar surface area (TPSA) is 81.1 Å². The van der Waals surface area contributed by atoms with E-state index in [4.69, 9.17) is 0 Å². The maximum atomic E-state index is 12.7. The average Bonchev–Trinajstić information content (AvgIpc) is 3.09. The number of benzene rings is 2. The summed E-state index contributed by atoms with van der Waals surface area (Å²) in [4.78, 5) is 28.6. The van der Waals surface area contributed by atoms with Gasteiger partial charge in [-0.05, 0) is 49.2 Å². The maximum absolute atomic E-state index is 12.7. The molecule has 0 bridgehead atoms. The monoisotopic (exact) mass is 338 g/mol. The first-order valence-corrected chi connectivity index (χ1v) is 8.25. The summed E-state index contributed by atoms with van der Waals surface area (Å²) in [5, 5.41) is 19.3. The zero-order valence-corrected chi connectivity index (χ0v) is 13.6. The van der Waals surface area contributed by atoms with Crippen molar-refractivity contribution in [3.63, 3.8) is 0 Å². The summed E-state index contributed by atoms with van der Waals surface area (Å²) in [5.74, 6) is 0.0826. The third-order valence-electron chi connectivity index (χ3n) is 5.01. The predicted octanol–water partition coefficient (Wildman–Crippen LogP) is 2.75. The third-order valence-corrected chi connectivity index (χ3v) is 5.01. The van der Waals surface area contributed by atoms with Gasteiger partial charge in [0, 0.05) is 30.3 Å². The van der Waals surface area contributed by atoms with Crippen molar-refractivity contribution in [2.75, 3.05) is 9.80 Å². The Bertz CT molecular complexity index is 845. The van der Waals surface area contributed by atoms with Crippen LogP contribution >= 0.6 is 0 Å². The number of nitrogens with zero attached hydrogens (tertiary/aromatic N) is 2. The molecule has 0 saturated carbocycles. The number of amides is 2. The second-order valence-electron chi connectivity index (χ2n) is 6.48. The van der Waals surface area contributed by atoms with Gasteiger partial charge in [-0.1, -0.05) is 6.07 Å². The van der Waals surface area contributed by atoms with Gasteiger partial charge in [0.1, 0.15) is 17.2 Å². The molecule has 2 aliphatic rings. The van der Waals surface area contributed by atoms with Crippen LogP contribution < -0.4 is 9.80 Å². The van der Waals surface area contributed by atoms with E-state index in [1.807, 2.05) is 0 Å². The summed E-state index contributed by atoms with van der Waals surface area (Å²) in [6.07, 6.45) is 1.77. The first-order chi connectivity index (χ1) is 12.0. The highest BCUT2D eigenvalue weighted by molar-refractivity contribution is 6.05. The van der Waals surface area contributed by atoms with Crippen molar-refractivity contribution >= 4 is 23.2 Å². The summed E-state index contributed by atoms with van der Waals surface area (Å²) in [6, 6.07) is 13.0. The van der Waals surface area contributed by atoms with Crippen LogP contribution in [0.25, 0.3) is 0 Å². The van der Waals surface area contributed by atoms with Gasteiger partial charge >= 0.3 is 0 Å². The molecule has 2 aromatic carbocycles. The molecule has 1 atom stereocenters. The zero-order valence-electron chi connectivity index (χ0n) is 13.6. The van der Waals surface area contributed by atoms with E-state index in [0.717, 1.165) is 0 Å². The maximum Gasteiger partial charge on any atom is 0.229 e. The van der Waals surface area contributed by atoms with Gasteiger partial charge in [-0.25, -0.2) is 0 Å². The molecule has 2 N–H and O–H groups in total. The van der Waals surface area contributed by atoms with Crippen LogP contribution in [0.2, 0.25) is 0 Å². The normalized spacial score (nSPS) is 23.0. The fourth-order valence-electron chi connectivity index (χ4n) is 3.98. The molecule has 2 aliphatic heterocycles. The second-order valence-corrected chi connectivity index (χ2v) is 6.48. The lowest BCUT2D eigenvalue weighted by Crippen LogP contribution is -2.56. The molecule has 6 heteroatoms. The van der Waals surface area contributed by atoms with E-state index in [1.54, 1.807) is 46.2 Å². The molecule has 0 aromatic heterocycles. The highest BCUT2D eigenvalue weighted by Gasteiger charge is 2.56. The Hall–Kier alpha value is -3.02. The summed E-state index contributed by atoms with van der Waals surface area (Å²) in [5.41, 5.74) is 0.472. The van der Waals surface area contributed by atoms with Crippen molar-refractivity contribution in [2.24, 2.45) is 0 Å². The second kappa shape index (κ2) is 5.51. The number of hydrogen-bond acceptors (Lipinski definition) is 4. The molecule has 2 heterocycles. The van der Waals surface area contributed by atoms with Gasteiger partial charge in [0.15, 0.2) is 0 Å². The van der Waals surface area contributed by atoms with Gasteiger partial charge in [-0.3, -0.25) is 19.4 Å². The summed E-state index contributed by atoms with van der Waals surface area (Å²) < 4.78 is 0. The lowest BCUT2D eigenvalue weighted by molar-refractivity contribution is -0.117. The molecule has 0 radical (unpaired) electrons. The van der Waals surface area contributed by atoms with Crippen LogP contribution in [0.1, 0.15) is 25.7 Å². The summed E-state index contributed by atoms with van der Waals surface area (Å²) in [7, 11) is 0. The van der Waals surface area contributed by atoms with Crippen molar-refractivity contribution in [3.05, 3.63) is 48.5 Å². The summed E-state index contributed by atoms with van der Waals surface area (Å²) >= 11 is 0. The largest absolute Gasteiger partial charge is 0.508 e. The number of carbonyl (C=O) groups is 2. The molecule has 4 rings (SSSR count). The fourth-order valence-corrected chi connectivity index (χ4v) is 3.98. The molecular formula is C19H18N2O4. The van der Waals surface area contributed by atoms with Gasteiger partial charge in [0.2, 0.25) is 11.8 Å². The van der Waals surface area contributed by atoms with Crippen LogP contribution in [0.5, 0.6) is 11.5 Å². The van der Waals surface area contributed by atoms with Gasteiger partial charge < -0.3 is 10.2 Å². The minimum atomic E-state index is -0.765. The lowest BCUT2D eigenvalue weighted by atomic mass is 10.0. The Kier molecular flexibility index (Phi) is 3.42. The van der Waals surface area contributed by atoms with E-state index in [2.05, 4.69) is 0 Å². The molecule has 2 fully saturated rings. The van der Waals surface area contributed by atoms with Gasteiger partial charge in [0.25, 0.3) is 0 Å². The summed E-state index contributed by atoms with van der Waals surface area (Å²) in [6.45, 7) is 0. The lowest BCUT2D eigenvalue weighted by Gasteiger charge is -2.42. The van der Waals surface area contributed by atoms with Crippen LogP contribution in [-0.4, -0.2) is 27.7 Å². The van der Waals surface area contributed by atoms with Gasteiger partial charge in [0.05, 0.1) is 0 Å². The van der Waals surface area contributed by atoms with Crippen LogP contribution in [0.3, 0.4) is 0 Å². The molecule has 1 unspecified atom stereocenters. The third kappa shape index (κ3) is 2.33. The molecule has 0 aliphatic carbocycles. The van der Waals surface area contributed by atoms with Crippen molar-refractivity contribution in [2.45, 2.75) is 31.3 Å². The van der Waals surface area contributed by atoms with E-state index in [0.29, 0.717) is 37.1 Å². The average molecular weight is 338 g/mol. The number of aromatic hydroxyl groups is 2. The Morgan fingerprint density at radius 1 is 0.760 bits per heavy atom. The number of carbonyl (C=O) groups excluding carboxylic acids is 2. The molecule has 2 amide bonds. The molecular weight excluding hydrogens is 320 g/mol. The van der Waals surface area contributed by atoms with Crippen molar-refractivity contribution in [1.82, 2.24) is 0 Å². The van der Waals surface area contributed by atoms with Gasteiger partial charge in [-0.15, -0.1) is 0 Å². The Morgan fingerprint density at radius 3 is 1.96 bits per heavy atom. The van der Waals surface area contributed by atoms with Crippen molar-refractivity contribution < 1.29 is 19.8 Å². The predicted molar refractivity (Wildman–Crippen MR) is 92.4 cm³/mol. The minimum Gasteiger partial charge on any atom is -0.508 e. The standard InChI is InChI=1S/C19H18N2O4/c22-15-6-4-13(5-7-15)20-17(24)8-10-19(20)11-9-18(25)21(19)14-2-1-3-16(23)12-14/h1-7,12,22-23H,8-11H2. The van der Waals surface area contributed by atoms with E-state index >= 15 is 0 Å². The Labute approximate surface area is 144 Å². The molecule has 2 saturated heterocycles. The van der Waals surface area contributed by atoms with Crippen LogP contribution in [0.15, 0.2) is 48.5 Å². The molecule has 6 nitrogen and oxygen atoms in total. The van der Waals surface area contributed by atoms with Crippen molar-refractivity contribution in [1.29, 1.82) is 0 Å². The Morgan fingerprint density at radius 2 is 1.36 bits per heavy atom.